The first-order valence-corrected chi connectivity index (χ1v) is 6.09. The summed E-state index contributed by atoms with van der Waals surface area (Å²) < 4.78 is 32.5. The highest BCUT2D eigenvalue weighted by Crippen LogP contribution is 2.12. The van der Waals surface area contributed by atoms with Gasteiger partial charge in [-0.1, -0.05) is 5.21 Å². The number of nitrogens with one attached hydrogen (secondary N) is 1. The third-order valence-electron chi connectivity index (χ3n) is 2.64. The molecule has 7 nitrogen and oxygen atoms in total. The molecule has 0 bridgehead atoms. The molecule has 0 fully saturated rings. The largest absolute Gasteiger partial charge is 0.383 e. The average Bonchev–Trinajstić information content (AvgIpc) is 3.04. The summed E-state index contributed by atoms with van der Waals surface area (Å²) in [6, 6.07) is 0. The summed E-state index contributed by atoms with van der Waals surface area (Å²) in [5, 5.41) is 11.0. The molecule has 0 aliphatic heterocycles. The molecule has 0 unspecified atom stereocenters. The van der Waals surface area contributed by atoms with Crippen LogP contribution >= 0.6 is 0 Å². The maximum Gasteiger partial charge on any atom is 0.319 e. The molecule has 1 N–H and O–H groups in total. The van der Waals surface area contributed by atoms with Crippen LogP contribution in [-0.2, 0) is 17.8 Å². The molecular formula is C11H16F2N6O. The molecule has 0 atom stereocenters. The molecule has 0 aliphatic rings. The second-order valence-corrected chi connectivity index (χ2v) is 4.11. The van der Waals surface area contributed by atoms with Gasteiger partial charge in [-0.2, -0.15) is 8.78 Å². The zero-order valence-electron chi connectivity index (χ0n) is 11.0. The lowest BCUT2D eigenvalue weighted by Gasteiger charge is -2.05. The van der Waals surface area contributed by atoms with Crippen molar-refractivity contribution in [2.24, 2.45) is 0 Å². The van der Waals surface area contributed by atoms with Gasteiger partial charge in [-0.3, -0.25) is 4.57 Å². The maximum atomic E-state index is 12.7. The molecule has 2 heterocycles. The van der Waals surface area contributed by atoms with Crippen LogP contribution in [0.4, 0.5) is 8.78 Å². The quantitative estimate of drug-likeness (QED) is 0.722. The van der Waals surface area contributed by atoms with E-state index in [0.717, 1.165) is 10.3 Å². The van der Waals surface area contributed by atoms with Gasteiger partial charge in [0.15, 0.2) is 0 Å². The van der Waals surface area contributed by atoms with E-state index >= 15 is 0 Å². The van der Waals surface area contributed by atoms with Gasteiger partial charge in [0.1, 0.15) is 12.4 Å². The van der Waals surface area contributed by atoms with Gasteiger partial charge in [-0.15, -0.1) is 5.10 Å². The maximum absolute atomic E-state index is 12.7. The van der Waals surface area contributed by atoms with Crippen LogP contribution in [0, 0.1) is 0 Å². The van der Waals surface area contributed by atoms with Crippen LogP contribution in [-0.4, -0.2) is 44.8 Å². The summed E-state index contributed by atoms with van der Waals surface area (Å²) >= 11 is 0. The molecule has 0 saturated heterocycles. The van der Waals surface area contributed by atoms with E-state index in [1.165, 1.54) is 17.1 Å². The van der Waals surface area contributed by atoms with E-state index in [1.807, 2.05) is 0 Å². The second kappa shape index (κ2) is 7.06. The highest BCUT2D eigenvalue weighted by Gasteiger charge is 2.12. The van der Waals surface area contributed by atoms with Crippen molar-refractivity contribution < 1.29 is 13.5 Å². The lowest BCUT2D eigenvalue weighted by molar-refractivity contribution is 0.0665. The number of hydrogen-bond acceptors (Lipinski definition) is 5. The Balaban J connectivity index is 1.90. The van der Waals surface area contributed by atoms with Crippen molar-refractivity contribution in [1.82, 2.24) is 29.9 Å². The van der Waals surface area contributed by atoms with Crippen LogP contribution in [0.15, 0.2) is 18.6 Å². The third-order valence-corrected chi connectivity index (χ3v) is 2.64. The summed E-state index contributed by atoms with van der Waals surface area (Å²) in [5.74, 6) is 0.240. The number of methoxy groups -OCH3 is 1. The molecule has 0 spiro atoms. The predicted octanol–water partition coefficient (Wildman–Crippen LogP) is 0.654. The molecular weight excluding hydrogens is 270 g/mol. The van der Waals surface area contributed by atoms with Gasteiger partial charge in [-0.05, 0) is 0 Å². The Morgan fingerprint density at radius 1 is 1.45 bits per heavy atom. The SMILES string of the molecule is COCCNCc1cn(Cc2nccn2C(F)F)nn1. The number of alkyl halides is 2. The van der Waals surface area contributed by atoms with Crippen LogP contribution in [0.1, 0.15) is 18.1 Å². The molecule has 2 rings (SSSR count). The fourth-order valence-electron chi connectivity index (χ4n) is 1.68. The molecule has 2 aromatic heterocycles. The molecule has 20 heavy (non-hydrogen) atoms. The third kappa shape index (κ3) is 3.81. The molecule has 2 aromatic rings. The van der Waals surface area contributed by atoms with Crippen LogP contribution in [0.5, 0.6) is 0 Å². The average molecular weight is 286 g/mol. The standard InChI is InChI=1S/C11H16F2N6O/c1-20-5-3-14-6-9-7-18(17-16-9)8-10-15-2-4-19(10)11(12)13/h2,4,7,11,14H,3,5-6,8H2,1H3. The first kappa shape index (κ1) is 14.5. The van der Waals surface area contributed by atoms with Gasteiger partial charge in [0.05, 0.1) is 18.5 Å². The molecule has 0 aliphatic carbocycles. The predicted molar refractivity (Wildman–Crippen MR) is 66.2 cm³/mol. The van der Waals surface area contributed by atoms with Crippen molar-refractivity contribution in [2.45, 2.75) is 19.6 Å². The Kier molecular flexibility index (Phi) is 5.13. The topological polar surface area (TPSA) is 69.8 Å². The van der Waals surface area contributed by atoms with Gasteiger partial charge >= 0.3 is 6.55 Å². The first-order chi connectivity index (χ1) is 9.70. The molecule has 9 heteroatoms. The normalized spacial score (nSPS) is 11.4. The van der Waals surface area contributed by atoms with Gasteiger partial charge in [0.25, 0.3) is 0 Å². The fraction of sp³-hybridized carbons (Fsp3) is 0.545. The molecule has 0 amide bonds. The van der Waals surface area contributed by atoms with Crippen molar-refractivity contribution in [1.29, 1.82) is 0 Å². The Labute approximate surface area is 114 Å². The first-order valence-electron chi connectivity index (χ1n) is 6.09. The zero-order chi connectivity index (χ0) is 14.4. The van der Waals surface area contributed by atoms with Crippen LogP contribution < -0.4 is 5.32 Å². The van der Waals surface area contributed by atoms with E-state index in [2.05, 4.69) is 20.6 Å². The van der Waals surface area contributed by atoms with Crippen molar-refractivity contribution in [2.75, 3.05) is 20.3 Å². The summed E-state index contributed by atoms with van der Waals surface area (Å²) in [4.78, 5) is 3.89. The van der Waals surface area contributed by atoms with Crippen molar-refractivity contribution >= 4 is 0 Å². The van der Waals surface area contributed by atoms with Gasteiger partial charge in [0, 0.05) is 32.6 Å². The van der Waals surface area contributed by atoms with E-state index in [1.54, 1.807) is 13.3 Å². The lowest BCUT2D eigenvalue weighted by Crippen LogP contribution is -2.18. The summed E-state index contributed by atoms with van der Waals surface area (Å²) in [7, 11) is 1.63. The van der Waals surface area contributed by atoms with E-state index in [0.29, 0.717) is 19.7 Å². The second-order valence-electron chi connectivity index (χ2n) is 4.11. The summed E-state index contributed by atoms with van der Waals surface area (Å²) in [6.07, 6.45) is 4.28. The molecule has 0 radical (unpaired) electrons. The van der Waals surface area contributed by atoms with Crippen LogP contribution in [0.3, 0.4) is 0 Å². The number of aromatic nitrogens is 5. The molecule has 0 saturated carbocycles. The minimum Gasteiger partial charge on any atom is -0.383 e. The minimum absolute atomic E-state index is 0.155. The van der Waals surface area contributed by atoms with Gasteiger partial charge < -0.3 is 10.1 Å². The van der Waals surface area contributed by atoms with Crippen molar-refractivity contribution in [3.8, 4) is 0 Å². The number of nitrogens with zero attached hydrogens (tertiary/aromatic N) is 5. The van der Waals surface area contributed by atoms with Crippen LogP contribution in [0.2, 0.25) is 0 Å². The van der Waals surface area contributed by atoms with Crippen molar-refractivity contribution in [3.05, 3.63) is 30.1 Å². The van der Waals surface area contributed by atoms with E-state index in [9.17, 15) is 8.78 Å². The van der Waals surface area contributed by atoms with Crippen LogP contribution in [0.25, 0.3) is 0 Å². The number of hydrogen-bond donors (Lipinski definition) is 1. The number of halogens is 2. The lowest BCUT2D eigenvalue weighted by atomic mass is 10.4. The highest BCUT2D eigenvalue weighted by atomic mass is 19.3. The summed E-state index contributed by atoms with van der Waals surface area (Å²) in [6.45, 7) is -0.583. The Hall–Kier alpha value is -1.87. The Morgan fingerprint density at radius 3 is 3.05 bits per heavy atom. The number of imidazole rings is 1. The monoisotopic (exact) mass is 286 g/mol. The molecule has 0 aromatic carbocycles. The smallest absolute Gasteiger partial charge is 0.319 e. The van der Waals surface area contributed by atoms with Gasteiger partial charge in [0.2, 0.25) is 0 Å². The van der Waals surface area contributed by atoms with E-state index in [-0.39, 0.29) is 12.4 Å². The number of ether oxygens (including phenoxy) is 1. The fourth-order valence-corrected chi connectivity index (χ4v) is 1.68. The van der Waals surface area contributed by atoms with E-state index in [4.69, 9.17) is 4.74 Å². The highest BCUT2D eigenvalue weighted by molar-refractivity contribution is 4.97. The van der Waals surface area contributed by atoms with E-state index < -0.39 is 6.55 Å². The van der Waals surface area contributed by atoms with Crippen molar-refractivity contribution in [3.63, 3.8) is 0 Å². The summed E-state index contributed by atoms with van der Waals surface area (Å²) in [5.41, 5.74) is 0.733. The van der Waals surface area contributed by atoms with Gasteiger partial charge in [-0.25, -0.2) is 9.67 Å². The Morgan fingerprint density at radius 2 is 2.30 bits per heavy atom. The zero-order valence-corrected chi connectivity index (χ0v) is 11.0. The minimum atomic E-state index is -2.61. The molecule has 110 valence electrons. The Bertz CT molecular complexity index is 526. The number of rotatable bonds is 8.